The summed E-state index contributed by atoms with van der Waals surface area (Å²) in [6.45, 7) is 6.70. The van der Waals surface area contributed by atoms with Gasteiger partial charge in [-0.3, -0.25) is 4.79 Å². The minimum atomic E-state index is -0.0840. The molecule has 0 aliphatic heterocycles. The van der Waals surface area contributed by atoms with Crippen molar-refractivity contribution in [1.29, 1.82) is 0 Å². The van der Waals surface area contributed by atoms with E-state index in [1.807, 2.05) is 19.1 Å². The Kier molecular flexibility index (Phi) is 10.8. The molecule has 0 spiro atoms. The molecule has 1 aromatic heterocycles. The molecule has 0 fully saturated rings. The molecule has 2 rings (SSSR count). The van der Waals surface area contributed by atoms with Gasteiger partial charge < -0.3 is 16.0 Å². The van der Waals surface area contributed by atoms with Crippen molar-refractivity contribution in [3.63, 3.8) is 0 Å². The van der Waals surface area contributed by atoms with Crippen molar-refractivity contribution in [1.82, 2.24) is 16.0 Å². The van der Waals surface area contributed by atoms with Crippen molar-refractivity contribution in [2.45, 2.75) is 20.4 Å². The van der Waals surface area contributed by atoms with Gasteiger partial charge in [0, 0.05) is 34.5 Å². The summed E-state index contributed by atoms with van der Waals surface area (Å²) < 4.78 is 0.892. The number of guanidine groups is 1. The monoisotopic (exact) mass is 550 g/mol. The zero-order chi connectivity index (χ0) is 18.1. The predicted octanol–water partition coefficient (Wildman–Crippen LogP) is 3.92. The lowest BCUT2D eigenvalue weighted by Gasteiger charge is -2.12. The molecule has 2 aromatic rings. The van der Waals surface area contributed by atoms with Crippen LogP contribution in [0, 0.1) is 6.92 Å². The quantitative estimate of drug-likeness (QED) is 0.212. The smallest absolute Gasteiger partial charge is 0.251 e. The van der Waals surface area contributed by atoms with Crippen LogP contribution >= 0.6 is 51.2 Å². The number of amides is 1. The fourth-order valence-electron chi connectivity index (χ4n) is 2.15. The first-order valence-electron chi connectivity index (χ1n) is 8.19. The number of benzene rings is 1. The molecule has 0 unspecified atom stereocenters. The number of aliphatic imine (C=N–C) groups is 1. The van der Waals surface area contributed by atoms with Gasteiger partial charge in [0.1, 0.15) is 0 Å². The number of nitrogens with zero attached hydrogens (tertiary/aromatic N) is 1. The molecule has 26 heavy (non-hydrogen) atoms. The SMILES string of the molecule is CCNC(=NCc1sccc1C)NCCNC(=O)c1cccc(Br)c1.I. The number of hydrogen-bond donors (Lipinski definition) is 3. The molecular formula is C18H24BrIN4OS. The summed E-state index contributed by atoms with van der Waals surface area (Å²) in [5.74, 6) is 0.672. The highest BCUT2D eigenvalue weighted by molar-refractivity contribution is 14.0. The molecule has 0 aliphatic carbocycles. The second-order valence-electron chi connectivity index (χ2n) is 5.41. The Bertz CT molecular complexity index is 735. The van der Waals surface area contributed by atoms with E-state index in [2.05, 4.69) is 55.2 Å². The molecule has 3 N–H and O–H groups in total. The zero-order valence-electron chi connectivity index (χ0n) is 14.8. The number of carbonyl (C=O) groups excluding carboxylic acids is 1. The van der Waals surface area contributed by atoms with Crippen LogP contribution in [0.15, 0.2) is 45.2 Å². The fourth-order valence-corrected chi connectivity index (χ4v) is 3.38. The Balaban J connectivity index is 0.00000338. The van der Waals surface area contributed by atoms with Gasteiger partial charge in [-0.05, 0) is 49.1 Å². The number of rotatable bonds is 7. The average Bonchev–Trinajstić information content (AvgIpc) is 3.01. The maximum Gasteiger partial charge on any atom is 0.251 e. The van der Waals surface area contributed by atoms with E-state index in [1.165, 1.54) is 10.4 Å². The summed E-state index contributed by atoms with van der Waals surface area (Å²) in [4.78, 5) is 17.9. The van der Waals surface area contributed by atoms with Gasteiger partial charge in [0.05, 0.1) is 6.54 Å². The molecule has 1 aromatic carbocycles. The number of thiophene rings is 1. The summed E-state index contributed by atoms with van der Waals surface area (Å²) in [5, 5.41) is 11.4. The molecular weight excluding hydrogens is 527 g/mol. The minimum absolute atomic E-state index is 0. The third-order valence-electron chi connectivity index (χ3n) is 3.48. The Hall–Kier alpha value is -1.13. The number of carbonyl (C=O) groups is 1. The number of hydrogen-bond acceptors (Lipinski definition) is 3. The van der Waals surface area contributed by atoms with Crippen LogP contribution in [0.4, 0.5) is 0 Å². The predicted molar refractivity (Wildman–Crippen MR) is 124 cm³/mol. The molecule has 1 amide bonds. The van der Waals surface area contributed by atoms with Gasteiger partial charge in [-0.2, -0.15) is 0 Å². The van der Waals surface area contributed by atoms with Gasteiger partial charge in [0.15, 0.2) is 5.96 Å². The summed E-state index contributed by atoms with van der Waals surface area (Å²) >= 11 is 5.09. The third kappa shape index (κ3) is 7.63. The van der Waals surface area contributed by atoms with Crippen LogP contribution in [0.1, 0.15) is 27.7 Å². The maximum absolute atomic E-state index is 12.1. The van der Waals surface area contributed by atoms with E-state index in [-0.39, 0.29) is 29.9 Å². The van der Waals surface area contributed by atoms with Crippen LogP contribution < -0.4 is 16.0 Å². The Morgan fingerprint density at radius 1 is 1.19 bits per heavy atom. The summed E-state index contributed by atoms with van der Waals surface area (Å²) in [7, 11) is 0. The largest absolute Gasteiger partial charge is 0.357 e. The Labute approximate surface area is 184 Å². The number of nitrogens with one attached hydrogen (secondary N) is 3. The summed E-state index contributed by atoms with van der Waals surface area (Å²) in [6.07, 6.45) is 0. The van der Waals surface area contributed by atoms with Gasteiger partial charge in [0.25, 0.3) is 5.91 Å². The second kappa shape index (κ2) is 12.3. The van der Waals surface area contributed by atoms with Crippen LogP contribution in [0.5, 0.6) is 0 Å². The van der Waals surface area contributed by atoms with Crippen molar-refractivity contribution in [3.8, 4) is 0 Å². The van der Waals surface area contributed by atoms with Crippen molar-refractivity contribution < 1.29 is 4.79 Å². The molecule has 0 bridgehead atoms. The van der Waals surface area contributed by atoms with Gasteiger partial charge in [-0.25, -0.2) is 4.99 Å². The van der Waals surface area contributed by atoms with Gasteiger partial charge >= 0.3 is 0 Å². The van der Waals surface area contributed by atoms with Crippen molar-refractivity contribution in [3.05, 3.63) is 56.2 Å². The van der Waals surface area contributed by atoms with Crippen LogP contribution in [-0.4, -0.2) is 31.5 Å². The zero-order valence-corrected chi connectivity index (χ0v) is 19.6. The minimum Gasteiger partial charge on any atom is -0.357 e. The lowest BCUT2D eigenvalue weighted by molar-refractivity contribution is 0.0954. The highest BCUT2D eigenvalue weighted by atomic mass is 127. The van der Waals surface area contributed by atoms with E-state index in [0.717, 1.165) is 17.0 Å². The van der Waals surface area contributed by atoms with Gasteiger partial charge in [-0.1, -0.05) is 22.0 Å². The highest BCUT2D eigenvalue weighted by Crippen LogP contribution is 2.16. The second-order valence-corrected chi connectivity index (χ2v) is 7.33. The normalized spacial score (nSPS) is 10.8. The van der Waals surface area contributed by atoms with Crippen LogP contribution in [-0.2, 0) is 6.54 Å². The lowest BCUT2D eigenvalue weighted by Crippen LogP contribution is -2.41. The highest BCUT2D eigenvalue weighted by Gasteiger charge is 2.05. The Morgan fingerprint density at radius 2 is 1.96 bits per heavy atom. The molecule has 142 valence electrons. The standard InChI is InChI=1S/C18H23BrN4OS.HI/c1-3-20-18(23-12-16-13(2)7-10-25-16)22-9-8-21-17(24)14-5-4-6-15(19)11-14;/h4-7,10-11H,3,8-9,12H2,1-2H3,(H,21,24)(H2,20,22,23);1H. The van der Waals surface area contributed by atoms with Crippen LogP contribution in [0.2, 0.25) is 0 Å². The van der Waals surface area contributed by atoms with Gasteiger partial charge in [-0.15, -0.1) is 35.3 Å². The van der Waals surface area contributed by atoms with E-state index in [0.29, 0.717) is 25.2 Å². The topological polar surface area (TPSA) is 65.5 Å². The van der Waals surface area contributed by atoms with E-state index >= 15 is 0 Å². The number of aryl methyl sites for hydroxylation is 1. The molecule has 0 saturated heterocycles. The van der Waals surface area contributed by atoms with E-state index < -0.39 is 0 Å². The van der Waals surface area contributed by atoms with Crippen molar-refractivity contribution in [2.24, 2.45) is 4.99 Å². The van der Waals surface area contributed by atoms with Crippen LogP contribution in [0.25, 0.3) is 0 Å². The van der Waals surface area contributed by atoms with Gasteiger partial charge in [0.2, 0.25) is 0 Å². The first-order valence-corrected chi connectivity index (χ1v) is 9.86. The average molecular weight is 551 g/mol. The summed E-state index contributed by atoms with van der Waals surface area (Å²) in [5.41, 5.74) is 1.91. The van der Waals surface area contributed by atoms with E-state index in [9.17, 15) is 4.79 Å². The third-order valence-corrected chi connectivity index (χ3v) is 4.98. The molecule has 0 aliphatic rings. The molecule has 0 saturated carbocycles. The summed E-state index contributed by atoms with van der Waals surface area (Å²) in [6, 6.07) is 9.44. The lowest BCUT2D eigenvalue weighted by atomic mass is 10.2. The number of halogens is 2. The van der Waals surface area contributed by atoms with E-state index in [1.54, 1.807) is 23.5 Å². The van der Waals surface area contributed by atoms with Crippen molar-refractivity contribution in [2.75, 3.05) is 19.6 Å². The molecule has 1 heterocycles. The maximum atomic E-state index is 12.1. The first kappa shape index (κ1) is 22.9. The molecule has 0 atom stereocenters. The molecule has 5 nitrogen and oxygen atoms in total. The molecule has 0 radical (unpaired) electrons. The Morgan fingerprint density at radius 3 is 2.62 bits per heavy atom. The van der Waals surface area contributed by atoms with Crippen LogP contribution in [0.3, 0.4) is 0 Å². The van der Waals surface area contributed by atoms with E-state index in [4.69, 9.17) is 0 Å². The van der Waals surface area contributed by atoms with Crippen molar-refractivity contribution >= 4 is 63.1 Å². The first-order chi connectivity index (χ1) is 12.1. The molecule has 8 heteroatoms. The fraction of sp³-hybridized carbons (Fsp3) is 0.333.